The van der Waals surface area contributed by atoms with Crippen LogP contribution in [0.15, 0.2) is 30.3 Å². The van der Waals surface area contributed by atoms with E-state index >= 15 is 0 Å². The lowest BCUT2D eigenvalue weighted by atomic mass is 9.90. The topological polar surface area (TPSA) is 46.3 Å². The molecule has 4 heteroatoms. The first-order valence-corrected chi connectivity index (χ1v) is 8.18. The van der Waals surface area contributed by atoms with Crippen LogP contribution in [0, 0.1) is 25.1 Å². The van der Waals surface area contributed by atoms with Crippen LogP contribution in [0.3, 0.4) is 0 Å². The first kappa shape index (κ1) is 18.7. The largest absolute Gasteiger partial charge is 0.366 e. The van der Waals surface area contributed by atoms with Crippen LogP contribution in [0.25, 0.3) is 11.1 Å². The molecule has 130 valence electrons. The normalized spacial score (nSPS) is 10.7. The fourth-order valence-electron chi connectivity index (χ4n) is 2.94. The van der Waals surface area contributed by atoms with E-state index in [9.17, 15) is 9.18 Å². The molecule has 0 fully saturated rings. The summed E-state index contributed by atoms with van der Waals surface area (Å²) in [5, 5.41) is 0. The summed E-state index contributed by atoms with van der Waals surface area (Å²) in [7, 11) is 4.00. The molecule has 3 nitrogen and oxygen atoms in total. The SMILES string of the molecule is C#Cc1c(C)ccc(C(N)=O)c1-c1cc(F)cc(CCCN(C)C)c1. The second kappa shape index (κ2) is 7.96. The third-order valence-corrected chi connectivity index (χ3v) is 4.14. The molecule has 2 N–H and O–H groups in total. The van der Waals surface area contributed by atoms with Crippen molar-refractivity contribution in [2.45, 2.75) is 19.8 Å². The van der Waals surface area contributed by atoms with E-state index in [0.717, 1.165) is 30.5 Å². The number of terminal acetylenes is 1. The number of nitrogens with two attached hydrogens (primary N) is 1. The second-order valence-electron chi connectivity index (χ2n) is 6.44. The number of amides is 1. The van der Waals surface area contributed by atoms with Gasteiger partial charge in [-0.05, 0) is 75.3 Å². The van der Waals surface area contributed by atoms with E-state index in [-0.39, 0.29) is 5.82 Å². The Hall–Kier alpha value is -2.64. The minimum atomic E-state index is -0.579. The van der Waals surface area contributed by atoms with Crippen molar-refractivity contribution in [2.75, 3.05) is 20.6 Å². The summed E-state index contributed by atoms with van der Waals surface area (Å²) in [5.74, 6) is 1.69. The molecule has 0 aromatic heterocycles. The summed E-state index contributed by atoms with van der Waals surface area (Å²) >= 11 is 0. The van der Waals surface area contributed by atoms with Crippen LogP contribution in [-0.4, -0.2) is 31.4 Å². The Morgan fingerprint density at radius 3 is 2.60 bits per heavy atom. The monoisotopic (exact) mass is 338 g/mol. The van der Waals surface area contributed by atoms with Gasteiger partial charge in [-0.1, -0.05) is 18.1 Å². The lowest BCUT2D eigenvalue weighted by Crippen LogP contribution is -2.14. The van der Waals surface area contributed by atoms with Crippen LogP contribution in [0.1, 0.15) is 33.5 Å². The molecular weight excluding hydrogens is 315 g/mol. The van der Waals surface area contributed by atoms with E-state index in [1.54, 1.807) is 12.1 Å². The maximum Gasteiger partial charge on any atom is 0.249 e. The summed E-state index contributed by atoms with van der Waals surface area (Å²) < 4.78 is 14.2. The predicted octanol–water partition coefficient (Wildman–Crippen LogP) is 3.38. The third kappa shape index (κ3) is 4.46. The Kier molecular flexibility index (Phi) is 5.95. The van der Waals surface area contributed by atoms with Crippen LogP contribution < -0.4 is 5.73 Å². The molecule has 2 aromatic carbocycles. The van der Waals surface area contributed by atoms with E-state index in [0.29, 0.717) is 22.3 Å². The predicted molar refractivity (Wildman–Crippen MR) is 99.9 cm³/mol. The van der Waals surface area contributed by atoms with E-state index in [2.05, 4.69) is 10.8 Å². The lowest BCUT2D eigenvalue weighted by molar-refractivity contribution is 0.100. The first-order valence-electron chi connectivity index (χ1n) is 8.18. The first-order chi connectivity index (χ1) is 11.8. The van der Waals surface area contributed by atoms with Gasteiger partial charge >= 0.3 is 0 Å². The van der Waals surface area contributed by atoms with Crippen LogP contribution >= 0.6 is 0 Å². The zero-order valence-corrected chi connectivity index (χ0v) is 14.9. The Labute approximate surface area is 148 Å². The molecule has 0 radical (unpaired) electrons. The Morgan fingerprint density at radius 1 is 1.28 bits per heavy atom. The number of nitrogens with zero attached hydrogens (tertiary/aromatic N) is 1. The highest BCUT2D eigenvalue weighted by atomic mass is 19.1. The maximum atomic E-state index is 14.2. The molecule has 0 bridgehead atoms. The molecule has 0 saturated carbocycles. The molecule has 25 heavy (non-hydrogen) atoms. The maximum absolute atomic E-state index is 14.2. The van der Waals surface area contributed by atoms with Gasteiger partial charge in [0, 0.05) is 16.7 Å². The van der Waals surface area contributed by atoms with Crippen molar-refractivity contribution in [3.63, 3.8) is 0 Å². The number of hydrogen-bond acceptors (Lipinski definition) is 2. The summed E-state index contributed by atoms with van der Waals surface area (Å²) in [6.07, 6.45) is 7.30. The number of carbonyl (C=O) groups is 1. The van der Waals surface area contributed by atoms with Gasteiger partial charge in [0.1, 0.15) is 5.82 Å². The van der Waals surface area contributed by atoms with Crippen molar-refractivity contribution in [3.8, 4) is 23.5 Å². The number of aryl methyl sites for hydroxylation is 2. The number of rotatable bonds is 6. The Bertz CT molecular complexity index is 835. The van der Waals surface area contributed by atoms with Crippen molar-refractivity contribution >= 4 is 5.91 Å². The minimum Gasteiger partial charge on any atom is -0.366 e. The molecule has 0 spiro atoms. The van der Waals surface area contributed by atoms with Crippen LogP contribution in [-0.2, 0) is 6.42 Å². The van der Waals surface area contributed by atoms with Gasteiger partial charge in [-0.3, -0.25) is 4.79 Å². The molecule has 0 atom stereocenters. The van der Waals surface area contributed by atoms with Gasteiger partial charge < -0.3 is 10.6 Å². The van der Waals surface area contributed by atoms with Gasteiger partial charge in [0.05, 0.1) is 0 Å². The molecule has 0 heterocycles. The Morgan fingerprint density at radius 2 is 2.00 bits per heavy atom. The lowest BCUT2D eigenvalue weighted by Gasteiger charge is -2.14. The number of halogens is 1. The zero-order valence-electron chi connectivity index (χ0n) is 14.9. The number of hydrogen-bond donors (Lipinski definition) is 1. The highest BCUT2D eigenvalue weighted by Crippen LogP contribution is 2.31. The summed E-state index contributed by atoms with van der Waals surface area (Å²) in [4.78, 5) is 13.9. The molecule has 2 aromatic rings. The van der Waals surface area contributed by atoms with Gasteiger partial charge in [0.25, 0.3) is 0 Å². The van der Waals surface area contributed by atoms with Crippen LogP contribution in [0.4, 0.5) is 4.39 Å². The molecule has 0 aliphatic carbocycles. The van der Waals surface area contributed by atoms with Gasteiger partial charge in [-0.15, -0.1) is 6.42 Å². The molecule has 1 amide bonds. The molecule has 0 aliphatic heterocycles. The van der Waals surface area contributed by atoms with Gasteiger partial charge in [0.2, 0.25) is 5.91 Å². The quantitative estimate of drug-likeness (QED) is 0.821. The third-order valence-electron chi connectivity index (χ3n) is 4.14. The second-order valence-corrected chi connectivity index (χ2v) is 6.44. The molecule has 0 aliphatic rings. The number of carbonyl (C=O) groups excluding carboxylic acids is 1. The summed E-state index contributed by atoms with van der Waals surface area (Å²) in [5.41, 5.74) is 9.23. The number of benzene rings is 2. The van der Waals surface area contributed by atoms with Crippen LogP contribution in [0.2, 0.25) is 0 Å². The van der Waals surface area contributed by atoms with E-state index < -0.39 is 5.91 Å². The van der Waals surface area contributed by atoms with Crippen molar-refractivity contribution in [1.82, 2.24) is 4.90 Å². The molecular formula is C21H23FN2O. The van der Waals surface area contributed by atoms with E-state index in [1.807, 2.05) is 27.1 Å². The van der Waals surface area contributed by atoms with Crippen molar-refractivity contribution in [2.24, 2.45) is 5.73 Å². The summed E-state index contributed by atoms with van der Waals surface area (Å²) in [6, 6.07) is 8.22. The van der Waals surface area contributed by atoms with Crippen molar-refractivity contribution < 1.29 is 9.18 Å². The molecule has 0 unspecified atom stereocenters. The number of primary amides is 1. The van der Waals surface area contributed by atoms with Gasteiger partial charge in [-0.25, -0.2) is 4.39 Å². The molecule has 0 saturated heterocycles. The summed E-state index contributed by atoms with van der Waals surface area (Å²) in [6.45, 7) is 2.78. The fraction of sp³-hybridized carbons (Fsp3) is 0.286. The average molecular weight is 338 g/mol. The smallest absolute Gasteiger partial charge is 0.249 e. The van der Waals surface area contributed by atoms with Gasteiger partial charge in [-0.2, -0.15) is 0 Å². The zero-order chi connectivity index (χ0) is 18.6. The average Bonchev–Trinajstić information content (AvgIpc) is 2.53. The minimum absolute atomic E-state index is 0.309. The van der Waals surface area contributed by atoms with Crippen LogP contribution in [0.5, 0.6) is 0 Å². The molecule has 2 rings (SSSR count). The van der Waals surface area contributed by atoms with E-state index in [4.69, 9.17) is 12.2 Å². The highest BCUT2D eigenvalue weighted by Gasteiger charge is 2.17. The standard InChI is InChI=1S/C21H23FN2O/c1-5-18-14(2)8-9-19(21(23)25)20(18)16-11-15(12-17(22)13-16)7-6-10-24(3)4/h1,8-9,11-13H,6-7,10H2,2-4H3,(H2,23,25). The highest BCUT2D eigenvalue weighted by molar-refractivity contribution is 6.01. The van der Waals surface area contributed by atoms with E-state index in [1.165, 1.54) is 12.1 Å². The van der Waals surface area contributed by atoms with Crippen molar-refractivity contribution in [1.29, 1.82) is 0 Å². The van der Waals surface area contributed by atoms with Gasteiger partial charge in [0.15, 0.2) is 0 Å². The Balaban J connectivity index is 2.55. The fourth-order valence-corrected chi connectivity index (χ4v) is 2.94. The van der Waals surface area contributed by atoms with Crippen molar-refractivity contribution in [3.05, 3.63) is 58.4 Å².